The Labute approximate surface area is 77.8 Å². The van der Waals surface area contributed by atoms with Gasteiger partial charge in [-0.1, -0.05) is 18.6 Å². The zero-order valence-electron chi connectivity index (χ0n) is 8.00. The molecule has 3 nitrogen and oxygen atoms in total. The van der Waals surface area contributed by atoms with Gasteiger partial charge in [0, 0.05) is 0 Å². The van der Waals surface area contributed by atoms with E-state index in [1.807, 2.05) is 19.9 Å². The Hall–Kier alpha value is -1.12. The van der Waals surface area contributed by atoms with Crippen molar-refractivity contribution in [2.24, 2.45) is 5.92 Å². The van der Waals surface area contributed by atoms with E-state index in [4.69, 9.17) is 0 Å². The van der Waals surface area contributed by atoms with Gasteiger partial charge in [0.25, 0.3) is 0 Å². The van der Waals surface area contributed by atoms with Crippen molar-refractivity contribution in [2.75, 3.05) is 0 Å². The number of carbonyl (C=O) groups is 2. The lowest BCUT2D eigenvalue weighted by Crippen LogP contribution is -2.08. The SMILES string of the molecule is CC=C(CC)CC1CC(=O)OC1=O. The Morgan fingerprint density at radius 3 is 2.69 bits per heavy atom. The number of cyclic esters (lactones) is 2. The highest BCUT2D eigenvalue weighted by molar-refractivity contribution is 5.94. The van der Waals surface area contributed by atoms with Crippen molar-refractivity contribution in [1.29, 1.82) is 0 Å². The van der Waals surface area contributed by atoms with Crippen LogP contribution >= 0.6 is 0 Å². The average Bonchev–Trinajstić information content (AvgIpc) is 2.41. The van der Waals surface area contributed by atoms with Crippen LogP contribution in [-0.2, 0) is 14.3 Å². The van der Waals surface area contributed by atoms with Gasteiger partial charge in [-0.3, -0.25) is 9.59 Å². The summed E-state index contributed by atoms with van der Waals surface area (Å²) in [4.78, 5) is 21.8. The summed E-state index contributed by atoms with van der Waals surface area (Å²) in [6, 6.07) is 0. The highest BCUT2D eigenvalue weighted by Crippen LogP contribution is 2.24. The van der Waals surface area contributed by atoms with E-state index in [2.05, 4.69) is 4.74 Å². The third-order valence-corrected chi connectivity index (χ3v) is 2.33. The van der Waals surface area contributed by atoms with Gasteiger partial charge >= 0.3 is 11.9 Å². The van der Waals surface area contributed by atoms with Gasteiger partial charge in [-0.2, -0.15) is 0 Å². The lowest BCUT2D eigenvalue weighted by atomic mass is 9.96. The van der Waals surface area contributed by atoms with Gasteiger partial charge in [-0.05, 0) is 19.8 Å². The topological polar surface area (TPSA) is 43.4 Å². The van der Waals surface area contributed by atoms with E-state index in [-0.39, 0.29) is 24.3 Å². The molecule has 1 aliphatic heterocycles. The summed E-state index contributed by atoms with van der Waals surface area (Å²) in [7, 11) is 0. The summed E-state index contributed by atoms with van der Waals surface area (Å²) in [5, 5.41) is 0. The fourth-order valence-electron chi connectivity index (χ4n) is 1.46. The molecule has 0 saturated carbocycles. The summed E-state index contributed by atoms with van der Waals surface area (Å²) in [5.74, 6) is -0.988. The van der Waals surface area contributed by atoms with Gasteiger partial charge in [0.2, 0.25) is 0 Å². The molecule has 0 aromatic carbocycles. The zero-order chi connectivity index (χ0) is 9.84. The first-order valence-electron chi connectivity index (χ1n) is 4.56. The monoisotopic (exact) mass is 182 g/mol. The van der Waals surface area contributed by atoms with Crippen molar-refractivity contribution in [3.8, 4) is 0 Å². The van der Waals surface area contributed by atoms with Gasteiger partial charge in [0.1, 0.15) is 0 Å². The molecule has 1 aliphatic rings. The molecule has 1 atom stereocenters. The molecule has 0 aromatic rings. The molecule has 1 fully saturated rings. The van der Waals surface area contributed by atoms with E-state index < -0.39 is 0 Å². The molecule has 3 heteroatoms. The second-order valence-corrected chi connectivity index (χ2v) is 3.20. The Kier molecular flexibility index (Phi) is 3.23. The molecule has 1 rings (SSSR count). The fraction of sp³-hybridized carbons (Fsp3) is 0.600. The second-order valence-electron chi connectivity index (χ2n) is 3.20. The Bertz CT molecular complexity index is 253. The number of esters is 2. The average molecular weight is 182 g/mol. The van der Waals surface area contributed by atoms with Crippen LogP contribution in [0.5, 0.6) is 0 Å². The van der Waals surface area contributed by atoms with Crippen LogP contribution in [0, 0.1) is 5.92 Å². The number of hydrogen-bond acceptors (Lipinski definition) is 3. The number of rotatable bonds is 3. The third-order valence-electron chi connectivity index (χ3n) is 2.33. The van der Waals surface area contributed by atoms with E-state index >= 15 is 0 Å². The molecular formula is C10H14O3. The smallest absolute Gasteiger partial charge is 0.317 e. The molecule has 1 heterocycles. The second kappa shape index (κ2) is 4.21. The largest absolute Gasteiger partial charge is 0.393 e. The van der Waals surface area contributed by atoms with Crippen LogP contribution in [0.15, 0.2) is 11.6 Å². The molecule has 1 saturated heterocycles. The summed E-state index contributed by atoms with van der Waals surface area (Å²) in [5.41, 5.74) is 1.21. The minimum atomic E-state index is -0.387. The van der Waals surface area contributed by atoms with Gasteiger partial charge in [-0.25, -0.2) is 0 Å². The Morgan fingerprint density at radius 2 is 2.31 bits per heavy atom. The van der Waals surface area contributed by atoms with E-state index in [0.29, 0.717) is 6.42 Å². The van der Waals surface area contributed by atoms with Crippen LogP contribution in [0.3, 0.4) is 0 Å². The molecule has 72 valence electrons. The molecule has 0 aliphatic carbocycles. The number of carbonyl (C=O) groups excluding carboxylic acids is 2. The summed E-state index contributed by atoms with van der Waals surface area (Å²) < 4.78 is 4.46. The van der Waals surface area contributed by atoms with Crippen LogP contribution in [0.1, 0.15) is 33.1 Å². The van der Waals surface area contributed by atoms with Crippen molar-refractivity contribution in [1.82, 2.24) is 0 Å². The highest BCUT2D eigenvalue weighted by atomic mass is 16.6. The van der Waals surface area contributed by atoms with Crippen molar-refractivity contribution in [2.45, 2.75) is 33.1 Å². The maximum Gasteiger partial charge on any atom is 0.317 e. The maximum absolute atomic E-state index is 11.1. The predicted molar refractivity (Wildman–Crippen MR) is 47.9 cm³/mol. The summed E-state index contributed by atoms with van der Waals surface area (Å²) in [6.07, 6.45) is 3.83. The van der Waals surface area contributed by atoms with Crippen LogP contribution in [0.4, 0.5) is 0 Å². The predicted octanol–water partition coefficient (Wildman–Crippen LogP) is 1.82. The quantitative estimate of drug-likeness (QED) is 0.380. The van der Waals surface area contributed by atoms with Crippen molar-refractivity contribution in [3.05, 3.63) is 11.6 Å². The van der Waals surface area contributed by atoms with Gasteiger partial charge in [-0.15, -0.1) is 0 Å². The molecule has 0 amide bonds. The zero-order valence-corrected chi connectivity index (χ0v) is 8.00. The standard InChI is InChI=1S/C10H14O3/c1-3-7(4-2)5-8-6-9(11)13-10(8)12/h3,8H,4-6H2,1-2H3. The first-order chi connectivity index (χ1) is 6.17. The van der Waals surface area contributed by atoms with Gasteiger partial charge < -0.3 is 4.74 Å². The minimum absolute atomic E-state index is 0.237. The van der Waals surface area contributed by atoms with Crippen molar-refractivity contribution in [3.63, 3.8) is 0 Å². The lowest BCUT2D eigenvalue weighted by Gasteiger charge is -2.05. The minimum Gasteiger partial charge on any atom is -0.393 e. The molecule has 0 radical (unpaired) electrons. The van der Waals surface area contributed by atoms with Crippen LogP contribution in [-0.4, -0.2) is 11.9 Å². The van der Waals surface area contributed by atoms with Gasteiger partial charge in [0.05, 0.1) is 12.3 Å². The number of hydrogen-bond donors (Lipinski definition) is 0. The normalized spacial score (nSPS) is 23.5. The van der Waals surface area contributed by atoms with Crippen molar-refractivity contribution >= 4 is 11.9 Å². The summed E-state index contributed by atoms with van der Waals surface area (Å²) >= 11 is 0. The van der Waals surface area contributed by atoms with E-state index in [1.54, 1.807) is 0 Å². The third kappa shape index (κ3) is 2.41. The lowest BCUT2D eigenvalue weighted by molar-refractivity contribution is -0.153. The Balaban J connectivity index is 2.54. The van der Waals surface area contributed by atoms with E-state index in [9.17, 15) is 9.59 Å². The van der Waals surface area contributed by atoms with Crippen molar-refractivity contribution < 1.29 is 14.3 Å². The first-order valence-corrected chi connectivity index (χ1v) is 4.56. The van der Waals surface area contributed by atoms with Crippen LogP contribution in [0.25, 0.3) is 0 Å². The molecule has 13 heavy (non-hydrogen) atoms. The molecule has 0 aromatic heterocycles. The fourth-order valence-corrected chi connectivity index (χ4v) is 1.46. The molecule has 0 bridgehead atoms. The summed E-state index contributed by atoms with van der Waals surface area (Å²) in [6.45, 7) is 3.98. The first kappa shape index (κ1) is 9.96. The molecule has 1 unspecified atom stereocenters. The Morgan fingerprint density at radius 1 is 1.62 bits per heavy atom. The van der Waals surface area contributed by atoms with E-state index in [0.717, 1.165) is 6.42 Å². The number of allylic oxidation sites excluding steroid dienone is 2. The van der Waals surface area contributed by atoms with Crippen LogP contribution in [0.2, 0.25) is 0 Å². The van der Waals surface area contributed by atoms with E-state index in [1.165, 1.54) is 5.57 Å². The number of ether oxygens (including phenoxy) is 1. The molecule has 0 N–H and O–H groups in total. The molecule has 0 spiro atoms. The van der Waals surface area contributed by atoms with Crippen LogP contribution < -0.4 is 0 Å². The highest BCUT2D eigenvalue weighted by Gasteiger charge is 2.33. The maximum atomic E-state index is 11.1. The van der Waals surface area contributed by atoms with Gasteiger partial charge in [0.15, 0.2) is 0 Å². The molecular weight excluding hydrogens is 168 g/mol.